The van der Waals surface area contributed by atoms with Crippen LogP contribution in [0.4, 0.5) is 10.5 Å². The lowest BCUT2D eigenvalue weighted by Gasteiger charge is -2.24. The van der Waals surface area contributed by atoms with E-state index in [0.717, 1.165) is 16.7 Å². The number of fused-ring (bicyclic) bond motifs is 1. The fourth-order valence-corrected chi connectivity index (χ4v) is 3.50. The zero-order valence-electron chi connectivity index (χ0n) is 17.0. The number of nitrogen functional groups attached to an aromatic ring is 1. The van der Waals surface area contributed by atoms with Gasteiger partial charge < -0.3 is 21.3 Å². The van der Waals surface area contributed by atoms with Crippen molar-refractivity contribution in [3.05, 3.63) is 64.2 Å². The number of benzene rings is 2. The van der Waals surface area contributed by atoms with Gasteiger partial charge in [-0.15, -0.1) is 0 Å². The van der Waals surface area contributed by atoms with E-state index in [2.05, 4.69) is 5.32 Å². The van der Waals surface area contributed by atoms with Crippen molar-refractivity contribution in [2.24, 2.45) is 5.10 Å². The van der Waals surface area contributed by atoms with E-state index >= 15 is 0 Å². The summed E-state index contributed by atoms with van der Waals surface area (Å²) in [6, 6.07) is 10.6. The highest BCUT2D eigenvalue weighted by molar-refractivity contribution is 6.14. The van der Waals surface area contributed by atoms with Gasteiger partial charge in [-0.25, -0.2) is 9.80 Å². The Morgan fingerprint density at radius 3 is 2.41 bits per heavy atom. The molecule has 7 nitrogen and oxygen atoms in total. The van der Waals surface area contributed by atoms with Crippen molar-refractivity contribution < 1.29 is 15.0 Å². The molecule has 154 valence electrons. The molecule has 0 saturated heterocycles. The third-order valence-electron chi connectivity index (χ3n) is 4.97. The largest absolute Gasteiger partial charge is 0.399 e. The van der Waals surface area contributed by atoms with Crippen molar-refractivity contribution >= 4 is 17.4 Å². The molecule has 1 heterocycles. The van der Waals surface area contributed by atoms with E-state index in [1.807, 2.05) is 45.0 Å². The van der Waals surface area contributed by atoms with Crippen molar-refractivity contribution in [1.29, 1.82) is 0 Å². The molecule has 0 bridgehead atoms. The first-order valence-corrected chi connectivity index (χ1v) is 9.75. The van der Waals surface area contributed by atoms with E-state index in [1.165, 1.54) is 5.01 Å². The van der Waals surface area contributed by atoms with Gasteiger partial charge in [-0.2, -0.15) is 5.10 Å². The minimum atomic E-state index is -0.266. The highest BCUT2D eigenvalue weighted by atomic mass is 16.3. The number of amides is 2. The Morgan fingerprint density at radius 2 is 1.83 bits per heavy atom. The van der Waals surface area contributed by atoms with Crippen LogP contribution in [0.25, 0.3) is 0 Å². The fraction of sp³-hybridized carbons (Fsp3) is 0.364. The van der Waals surface area contributed by atoms with E-state index in [1.54, 1.807) is 12.1 Å². The number of carbonyl (C=O) groups is 1. The Labute approximate surface area is 170 Å². The molecule has 29 heavy (non-hydrogen) atoms. The minimum Gasteiger partial charge on any atom is -0.399 e. The monoisotopic (exact) mass is 396 g/mol. The maximum Gasteiger partial charge on any atom is 0.338 e. The molecule has 0 aliphatic carbocycles. The molecule has 0 aromatic heterocycles. The second-order valence-corrected chi connectivity index (χ2v) is 7.67. The van der Waals surface area contributed by atoms with Crippen molar-refractivity contribution in [2.75, 3.05) is 5.73 Å². The summed E-state index contributed by atoms with van der Waals surface area (Å²) in [5.41, 5.74) is 11.0. The normalized spacial score (nSPS) is 16.3. The Balaban J connectivity index is 2.19. The number of rotatable bonds is 4. The van der Waals surface area contributed by atoms with Gasteiger partial charge in [-0.3, -0.25) is 0 Å². The van der Waals surface area contributed by atoms with Crippen LogP contribution in [0, 0.1) is 0 Å². The van der Waals surface area contributed by atoms with E-state index < -0.39 is 0 Å². The smallest absolute Gasteiger partial charge is 0.338 e. The number of hydrogen-bond donors (Lipinski definition) is 4. The summed E-state index contributed by atoms with van der Waals surface area (Å²) in [5.74, 6) is 0. The van der Waals surface area contributed by atoms with Gasteiger partial charge in [0.25, 0.3) is 0 Å². The van der Waals surface area contributed by atoms with Crippen LogP contribution in [0.15, 0.2) is 41.5 Å². The van der Waals surface area contributed by atoms with Crippen LogP contribution in [0.3, 0.4) is 0 Å². The van der Waals surface area contributed by atoms with Gasteiger partial charge in [0.2, 0.25) is 0 Å². The van der Waals surface area contributed by atoms with Crippen LogP contribution in [0.1, 0.15) is 48.6 Å². The van der Waals surface area contributed by atoms with Gasteiger partial charge >= 0.3 is 6.03 Å². The molecule has 7 heteroatoms. The van der Waals surface area contributed by atoms with Crippen LogP contribution in [-0.4, -0.2) is 39.0 Å². The number of aliphatic hydroxyl groups excluding tert-OH is 2. The molecule has 0 saturated carbocycles. The van der Waals surface area contributed by atoms with E-state index in [0.29, 0.717) is 28.9 Å². The van der Waals surface area contributed by atoms with Gasteiger partial charge in [0.1, 0.15) is 0 Å². The number of nitrogens with zero attached hydrogens (tertiary/aromatic N) is 2. The van der Waals surface area contributed by atoms with E-state index in [9.17, 15) is 15.0 Å². The zero-order chi connectivity index (χ0) is 21.1. The highest BCUT2D eigenvalue weighted by Crippen LogP contribution is 2.27. The van der Waals surface area contributed by atoms with Crippen molar-refractivity contribution in [3.8, 4) is 0 Å². The lowest BCUT2D eigenvalue weighted by molar-refractivity contribution is 0.180. The Kier molecular flexibility index (Phi) is 6.20. The van der Waals surface area contributed by atoms with Gasteiger partial charge in [-0.1, -0.05) is 18.2 Å². The fourth-order valence-electron chi connectivity index (χ4n) is 3.50. The minimum absolute atomic E-state index is 0.0162. The van der Waals surface area contributed by atoms with Gasteiger partial charge in [0.05, 0.1) is 25.0 Å². The molecular formula is C22H28N4O3. The quantitative estimate of drug-likeness (QED) is 0.595. The molecule has 5 N–H and O–H groups in total. The average Bonchev–Trinajstić information content (AvgIpc) is 2.82. The number of hydrogen-bond acceptors (Lipinski definition) is 5. The molecule has 1 unspecified atom stereocenters. The number of hydrazone groups is 1. The first-order valence-electron chi connectivity index (χ1n) is 9.75. The maximum atomic E-state index is 12.8. The summed E-state index contributed by atoms with van der Waals surface area (Å²) in [4.78, 5) is 12.8. The van der Waals surface area contributed by atoms with Gasteiger partial charge in [0.15, 0.2) is 0 Å². The first kappa shape index (κ1) is 20.8. The summed E-state index contributed by atoms with van der Waals surface area (Å²) < 4.78 is 0. The molecule has 3 rings (SSSR count). The van der Waals surface area contributed by atoms with E-state index in [4.69, 9.17) is 10.8 Å². The predicted molar refractivity (Wildman–Crippen MR) is 113 cm³/mol. The molecule has 2 aromatic carbocycles. The van der Waals surface area contributed by atoms with Crippen LogP contribution >= 0.6 is 0 Å². The van der Waals surface area contributed by atoms with Crippen LogP contribution in [0.2, 0.25) is 0 Å². The summed E-state index contributed by atoms with van der Waals surface area (Å²) in [5, 5.41) is 28.6. The first-order chi connectivity index (χ1) is 13.8. The van der Waals surface area contributed by atoms with Crippen molar-refractivity contribution in [3.63, 3.8) is 0 Å². The third kappa shape index (κ3) is 4.41. The second-order valence-electron chi connectivity index (χ2n) is 7.67. The molecule has 1 atom stereocenters. The molecule has 0 radical (unpaired) electrons. The Bertz CT molecular complexity index is 922. The lowest BCUT2D eigenvalue weighted by atomic mass is 9.90. The standard InChI is InChI=1S/C22H28N4O3/c1-13(2)24-22(29)26-14(3)8-16-9-17(11-27)18(12-28)10-20(16)21(25-26)15-4-6-19(23)7-5-15/h4-7,9-10,13-14,27-28H,8,11-12,23H2,1-3H3,(H,24,29). The van der Waals surface area contributed by atoms with Crippen molar-refractivity contribution in [1.82, 2.24) is 10.3 Å². The third-order valence-corrected chi connectivity index (χ3v) is 4.97. The average molecular weight is 396 g/mol. The van der Waals surface area contributed by atoms with Gasteiger partial charge in [0, 0.05) is 22.9 Å². The Morgan fingerprint density at radius 1 is 1.21 bits per heavy atom. The summed E-state index contributed by atoms with van der Waals surface area (Å²) >= 11 is 0. The number of urea groups is 1. The molecule has 0 spiro atoms. The van der Waals surface area contributed by atoms with Crippen LogP contribution in [0.5, 0.6) is 0 Å². The second kappa shape index (κ2) is 8.63. The highest BCUT2D eigenvalue weighted by Gasteiger charge is 2.28. The lowest BCUT2D eigenvalue weighted by Crippen LogP contribution is -2.44. The zero-order valence-corrected chi connectivity index (χ0v) is 17.0. The molecular weight excluding hydrogens is 368 g/mol. The predicted octanol–water partition coefficient (Wildman–Crippen LogP) is 2.37. The molecule has 2 amide bonds. The topological polar surface area (TPSA) is 111 Å². The molecule has 0 fully saturated rings. The molecule has 1 aliphatic heterocycles. The van der Waals surface area contributed by atoms with Crippen molar-refractivity contribution in [2.45, 2.75) is 52.5 Å². The number of carbonyl (C=O) groups excluding carboxylic acids is 1. The summed E-state index contributed by atoms with van der Waals surface area (Å²) in [6.07, 6.45) is 0.571. The van der Waals surface area contributed by atoms with Crippen LogP contribution < -0.4 is 11.1 Å². The molecule has 1 aliphatic rings. The van der Waals surface area contributed by atoms with E-state index in [-0.39, 0.29) is 31.3 Å². The molecule has 2 aromatic rings. The Hall–Kier alpha value is -2.90. The summed E-state index contributed by atoms with van der Waals surface area (Å²) in [6.45, 7) is 5.40. The van der Waals surface area contributed by atoms with Crippen LogP contribution in [-0.2, 0) is 19.6 Å². The number of nitrogens with one attached hydrogen (secondary N) is 1. The van der Waals surface area contributed by atoms with Gasteiger partial charge in [-0.05, 0) is 62.1 Å². The number of aliphatic hydroxyl groups is 2. The maximum absolute atomic E-state index is 12.8. The summed E-state index contributed by atoms with van der Waals surface area (Å²) in [7, 11) is 0. The SMILES string of the molecule is CC(C)NC(=O)N1N=C(c2ccc(N)cc2)c2cc(CO)c(CO)cc2CC1C. The number of anilines is 1. The number of nitrogens with two attached hydrogens (primary N) is 1.